The minimum absolute atomic E-state index is 0.0309. The van der Waals surface area contributed by atoms with Crippen LogP contribution in [-0.2, 0) is 11.2 Å². The molecule has 176 valence electrons. The molecule has 4 rings (SSSR count). The van der Waals surface area contributed by atoms with Crippen LogP contribution in [0.1, 0.15) is 49.5 Å². The van der Waals surface area contributed by atoms with E-state index in [9.17, 15) is 9.59 Å². The van der Waals surface area contributed by atoms with E-state index in [-0.39, 0.29) is 12.0 Å². The van der Waals surface area contributed by atoms with Gasteiger partial charge in [0.2, 0.25) is 0 Å². The van der Waals surface area contributed by atoms with E-state index in [0.29, 0.717) is 17.3 Å². The maximum atomic E-state index is 12.7. The second-order valence-electron chi connectivity index (χ2n) is 10.2. The third-order valence-corrected chi connectivity index (χ3v) is 6.87. The first kappa shape index (κ1) is 22.7. The molecule has 3 aliphatic heterocycles. The van der Waals surface area contributed by atoms with E-state index in [4.69, 9.17) is 10.5 Å². The molecule has 8 heteroatoms. The van der Waals surface area contributed by atoms with Crippen LogP contribution < -0.4 is 10.6 Å². The summed E-state index contributed by atoms with van der Waals surface area (Å²) in [5.41, 5.74) is 9.26. The summed E-state index contributed by atoms with van der Waals surface area (Å²) in [5, 5.41) is 0. The molecule has 2 saturated heterocycles. The van der Waals surface area contributed by atoms with Gasteiger partial charge < -0.3 is 25.2 Å². The molecule has 0 radical (unpaired) electrons. The van der Waals surface area contributed by atoms with Crippen LogP contribution in [0, 0.1) is 0 Å². The molecular formula is C24H37N5O3. The quantitative estimate of drug-likeness (QED) is 0.707. The van der Waals surface area contributed by atoms with Crippen LogP contribution in [0.2, 0.25) is 0 Å². The summed E-state index contributed by atoms with van der Waals surface area (Å²) in [6.07, 6.45) is 2.81. The van der Waals surface area contributed by atoms with Crippen molar-refractivity contribution in [1.29, 1.82) is 0 Å². The number of rotatable bonds is 2. The van der Waals surface area contributed by atoms with Crippen LogP contribution >= 0.6 is 0 Å². The van der Waals surface area contributed by atoms with E-state index >= 15 is 0 Å². The van der Waals surface area contributed by atoms with Gasteiger partial charge in [-0.05, 0) is 57.7 Å². The molecule has 8 nitrogen and oxygen atoms in total. The smallest absolute Gasteiger partial charge is 0.410 e. The molecule has 0 spiro atoms. The number of likely N-dealkylation sites (N-methyl/N-ethyl adjacent to an activating group) is 1. The number of nitrogen functional groups attached to an aromatic ring is 1. The van der Waals surface area contributed by atoms with Crippen LogP contribution in [0.25, 0.3) is 0 Å². The van der Waals surface area contributed by atoms with Crippen LogP contribution in [0.4, 0.5) is 16.2 Å². The average molecular weight is 444 g/mol. The van der Waals surface area contributed by atoms with Gasteiger partial charge in [0.05, 0.1) is 5.56 Å². The number of nitrogens with two attached hydrogens (primary N) is 1. The Balaban J connectivity index is 1.34. The third-order valence-electron chi connectivity index (χ3n) is 6.87. The molecule has 0 atom stereocenters. The molecule has 1 aromatic carbocycles. The summed E-state index contributed by atoms with van der Waals surface area (Å²) in [7, 11) is 1.84. The van der Waals surface area contributed by atoms with Gasteiger partial charge in [-0.2, -0.15) is 0 Å². The molecule has 0 bridgehead atoms. The minimum atomic E-state index is -0.456. The fourth-order valence-electron chi connectivity index (χ4n) is 5.10. The molecule has 2 fully saturated rings. The highest BCUT2D eigenvalue weighted by atomic mass is 16.6. The first-order chi connectivity index (χ1) is 15.1. The second-order valence-corrected chi connectivity index (χ2v) is 10.2. The zero-order valence-electron chi connectivity index (χ0n) is 19.9. The summed E-state index contributed by atoms with van der Waals surface area (Å²) >= 11 is 0. The largest absolute Gasteiger partial charge is 0.444 e. The van der Waals surface area contributed by atoms with Gasteiger partial charge in [-0.15, -0.1) is 0 Å². The monoisotopic (exact) mass is 443 g/mol. The molecule has 0 aliphatic carbocycles. The van der Waals surface area contributed by atoms with Crippen molar-refractivity contribution in [2.45, 2.75) is 51.7 Å². The zero-order valence-corrected chi connectivity index (χ0v) is 19.9. The maximum Gasteiger partial charge on any atom is 0.410 e. The minimum Gasteiger partial charge on any atom is -0.444 e. The van der Waals surface area contributed by atoms with E-state index in [1.807, 2.05) is 38.8 Å². The number of piperazine rings is 1. The molecule has 2 N–H and O–H groups in total. The van der Waals surface area contributed by atoms with Gasteiger partial charge in [0.15, 0.2) is 0 Å². The molecular weight excluding hydrogens is 406 g/mol. The van der Waals surface area contributed by atoms with Crippen molar-refractivity contribution in [3.63, 3.8) is 0 Å². The van der Waals surface area contributed by atoms with Gasteiger partial charge >= 0.3 is 6.09 Å². The fraction of sp³-hybridized carbons (Fsp3) is 0.667. The standard InChI is InChI=1S/C24H37N5O3/c1-24(2,3)32-23(31)29-15-13-27(14-16-29)17-7-11-28(12-8-17)20-6-5-19(25)21-18(20)9-10-26(4)22(21)30/h5-6,17H,7-16,25H2,1-4H3. The van der Waals surface area contributed by atoms with Gasteiger partial charge in [-0.25, -0.2) is 4.79 Å². The molecule has 0 aromatic heterocycles. The number of nitrogens with zero attached hydrogens (tertiary/aromatic N) is 4. The molecule has 3 heterocycles. The molecule has 3 aliphatic rings. The number of anilines is 2. The predicted octanol–water partition coefficient (Wildman–Crippen LogP) is 2.42. The van der Waals surface area contributed by atoms with Crippen LogP contribution in [-0.4, -0.2) is 91.2 Å². The summed E-state index contributed by atoms with van der Waals surface area (Å²) < 4.78 is 5.51. The number of ether oxygens (including phenoxy) is 1. The highest BCUT2D eigenvalue weighted by Gasteiger charge is 2.33. The first-order valence-corrected chi connectivity index (χ1v) is 11.8. The highest BCUT2D eigenvalue weighted by molar-refractivity contribution is 6.03. The van der Waals surface area contributed by atoms with E-state index in [2.05, 4.69) is 15.9 Å². The van der Waals surface area contributed by atoms with Crippen molar-refractivity contribution in [3.8, 4) is 0 Å². The Morgan fingerprint density at radius 3 is 2.31 bits per heavy atom. The number of carbonyl (C=O) groups is 2. The number of benzene rings is 1. The maximum absolute atomic E-state index is 12.7. The highest BCUT2D eigenvalue weighted by Crippen LogP contribution is 2.34. The predicted molar refractivity (Wildman–Crippen MR) is 126 cm³/mol. The number of carbonyl (C=O) groups excluding carboxylic acids is 2. The Hall–Kier alpha value is -2.48. The average Bonchev–Trinajstić information content (AvgIpc) is 2.75. The topological polar surface area (TPSA) is 82.3 Å². The van der Waals surface area contributed by atoms with Gasteiger partial charge in [-0.3, -0.25) is 9.69 Å². The molecule has 2 amide bonds. The Kier molecular flexibility index (Phi) is 6.25. The van der Waals surface area contributed by atoms with Gasteiger partial charge in [-0.1, -0.05) is 0 Å². The van der Waals surface area contributed by atoms with Crippen molar-refractivity contribution in [2.24, 2.45) is 0 Å². The lowest BCUT2D eigenvalue weighted by molar-refractivity contribution is 0.00901. The molecule has 32 heavy (non-hydrogen) atoms. The van der Waals surface area contributed by atoms with Crippen molar-refractivity contribution in [1.82, 2.24) is 14.7 Å². The lowest BCUT2D eigenvalue weighted by Crippen LogP contribution is -2.55. The SMILES string of the molecule is CN1CCc2c(N3CCC(N4CCN(C(=O)OC(C)(C)C)CC4)CC3)ccc(N)c2C1=O. The Bertz CT molecular complexity index is 865. The molecule has 0 saturated carbocycles. The van der Waals surface area contributed by atoms with E-state index in [1.165, 1.54) is 5.69 Å². The summed E-state index contributed by atoms with van der Waals surface area (Å²) in [6, 6.07) is 4.50. The number of amides is 2. The van der Waals surface area contributed by atoms with Crippen LogP contribution in [0.5, 0.6) is 0 Å². The van der Waals surface area contributed by atoms with Gasteiger partial charge in [0.1, 0.15) is 5.60 Å². The number of piperidine rings is 1. The molecule has 1 aromatic rings. The van der Waals surface area contributed by atoms with Crippen molar-refractivity contribution >= 4 is 23.4 Å². The fourth-order valence-corrected chi connectivity index (χ4v) is 5.10. The number of hydrogen-bond acceptors (Lipinski definition) is 6. The second kappa shape index (κ2) is 8.81. The third kappa shape index (κ3) is 4.65. The lowest BCUT2D eigenvalue weighted by Gasteiger charge is -2.44. The Morgan fingerprint density at radius 1 is 1.03 bits per heavy atom. The Labute approximate surface area is 191 Å². The van der Waals surface area contributed by atoms with E-state index in [1.54, 1.807) is 4.90 Å². The van der Waals surface area contributed by atoms with Crippen molar-refractivity contribution < 1.29 is 14.3 Å². The van der Waals surface area contributed by atoms with Crippen molar-refractivity contribution in [3.05, 3.63) is 23.3 Å². The van der Waals surface area contributed by atoms with Gasteiger partial charge in [0.25, 0.3) is 5.91 Å². The lowest BCUT2D eigenvalue weighted by atomic mass is 9.93. The Morgan fingerprint density at radius 2 is 1.69 bits per heavy atom. The summed E-state index contributed by atoms with van der Waals surface area (Å²) in [6.45, 7) is 11.6. The van der Waals surface area contributed by atoms with E-state index in [0.717, 1.165) is 70.6 Å². The number of fused-ring (bicyclic) bond motifs is 1. The van der Waals surface area contributed by atoms with Crippen molar-refractivity contribution in [2.75, 3.05) is 63.5 Å². The first-order valence-electron chi connectivity index (χ1n) is 11.8. The number of hydrogen-bond donors (Lipinski definition) is 1. The van der Waals surface area contributed by atoms with Gasteiger partial charge in [0, 0.05) is 70.3 Å². The van der Waals surface area contributed by atoms with Crippen LogP contribution in [0.15, 0.2) is 12.1 Å². The summed E-state index contributed by atoms with van der Waals surface area (Å²) in [5.74, 6) is 0.0309. The van der Waals surface area contributed by atoms with E-state index < -0.39 is 5.60 Å². The molecule has 0 unspecified atom stereocenters. The zero-order chi connectivity index (χ0) is 23.0. The summed E-state index contributed by atoms with van der Waals surface area (Å²) in [4.78, 5) is 33.5. The van der Waals surface area contributed by atoms with Crippen LogP contribution in [0.3, 0.4) is 0 Å². The normalized spacial score (nSPS) is 21.0.